The number of carbonyl (C=O) groups excluding carboxylic acids is 1. The summed E-state index contributed by atoms with van der Waals surface area (Å²) >= 11 is 0. The van der Waals surface area contributed by atoms with Crippen LogP contribution in [-0.2, 0) is 7.05 Å². The molecule has 1 amide bonds. The van der Waals surface area contributed by atoms with E-state index in [0.29, 0.717) is 11.5 Å². The van der Waals surface area contributed by atoms with Gasteiger partial charge < -0.3 is 9.84 Å². The Hall–Kier alpha value is -2.22. The lowest BCUT2D eigenvalue weighted by atomic mass is 10.0. The van der Waals surface area contributed by atoms with Gasteiger partial charge >= 0.3 is 0 Å². The molecule has 0 saturated carbocycles. The van der Waals surface area contributed by atoms with Crippen molar-refractivity contribution < 1.29 is 9.32 Å². The Morgan fingerprint density at radius 3 is 2.60 bits per heavy atom. The lowest BCUT2D eigenvalue weighted by molar-refractivity contribution is 0.0881. The minimum absolute atomic E-state index is 0.0573. The smallest absolute Gasteiger partial charge is 0.254 e. The molecule has 0 aromatic carbocycles. The number of aromatic nitrogens is 4. The molecule has 0 unspecified atom stereocenters. The molecule has 0 bridgehead atoms. The van der Waals surface area contributed by atoms with Crippen LogP contribution in [0.3, 0.4) is 0 Å². The number of likely N-dealkylation sites (tertiary alicyclic amines) is 1. The van der Waals surface area contributed by atoms with Crippen LogP contribution in [0, 0.1) is 0 Å². The van der Waals surface area contributed by atoms with Crippen molar-refractivity contribution in [1.29, 1.82) is 0 Å². The molecular formula is C17H26N6O2. The van der Waals surface area contributed by atoms with Crippen molar-refractivity contribution in [2.24, 2.45) is 7.05 Å². The maximum atomic E-state index is 12.2. The molecule has 1 saturated heterocycles. The average Bonchev–Trinajstić information content (AvgIpc) is 3.24. The molecule has 3 heterocycles. The Balaban J connectivity index is 1.51. The summed E-state index contributed by atoms with van der Waals surface area (Å²) in [6, 6.07) is 0.278. The number of rotatable bonds is 5. The van der Waals surface area contributed by atoms with Crippen molar-refractivity contribution in [1.82, 2.24) is 30.1 Å². The molecule has 8 heteroatoms. The zero-order valence-corrected chi connectivity index (χ0v) is 15.3. The first-order chi connectivity index (χ1) is 11.9. The number of nitrogens with one attached hydrogen (secondary N) is 1. The number of carbonyl (C=O) groups is 1. The molecular weight excluding hydrogens is 320 g/mol. The van der Waals surface area contributed by atoms with E-state index in [-0.39, 0.29) is 23.9 Å². The highest BCUT2D eigenvalue weighted by atomic mass is 16.5. The van der Waals surface area contributed by atoms with E-state index in [9.17, 15) is 4.79 Å². The van der Waals surface area contributed by atoms with E-state index in [2.05, 4.69) is 46.2 Å². The van der Waals surface area contributed by atoms with Gasteiger partial charge in [0.15, 0.2) is 5.82 Å². The fourth-order valence-corrected chi connectivity index (χ4v) is 3.05. The Morgan fingerprint density at radius 2 is 2.04 bits per heavy atom. The normalized spacial score (nSPS) is 17.8. The molecule has 1 N–H and O–H groups in total. The summed E-state index contributed by atoms with van der Waals surface area (Å²) < 4.78 is 7.04. The van der Waals surface area contributed by atoms with Crippen LogP contribution in [-0.4, -0.2) is 49.9 Å². The lowest BCUT2D eigenvalue weighted by Crippen LogP contribution is -2.45. The van der Waals surface area contributed by atoms with Gasteiger partial charge in [-0.05, 0) is 19.8 Å². The van der Waals surface area contributed by atoms with E-state index in [4.69, 9.17) is 4.52 Å². The second-order valence-corrected chi connectivity index (χ2v) is 7.01. The zero-order valence-electron chi connectivity index (χ0n) is 15.3. The molecule has 0 radical (unpaired) electrons. The van der Waals surface area contributed by atoms with Crippen LogP contribution in [0.15, 0.2) is 16.9 Å². The van der Waals surface area contributed by atoms with Crippen molar-refractivity contribution in [2.45, 2.75) is 51.6 Å². The molecule has 25 heavy (non-hydrogen) atoms. The standard InChI is InChI=1S/C17H26N6O2/c1-11(2)15-20-17(25-21-15)12(3)23-7-5-14(6-8-23)19-16(24)13-9-18-22(4)10-13/h9-12,14H,5-8H2,1-4H3,(H,19,24)/t12-/m0/s1. The van der Waals surface area contributed by atoms with Gasteiger partial charge in [0.1, 0.15) is 0 Å². The highest BCUT2D eigenvalue weighted by Crippen LogP contribution is 2.24. The van der Waals surface area contributed by atoms with Gasteiger partial charge in [-0.25, -0.2) is 0 Å². The Kier molecular flexibility index (Phi) is 5.17. The topological polar surface area (TPSA) is 89.1 Å². The van der Waals surface area contributed by atoms with Crippen molar-refractivity contribution in [3.8, 4) is 0 Å². The van der Waals surface area contributed by atoms with Crippen molar-refractivity contribution in [3.63, 3.8) is 0 Å². The number of hydrogen-bond acceptors (Lipinski definition) is 6. The van der Waals surface area contributed by atoms with Gasteiger partial charge in [-0.2, -0.15) is 10.1 Å². The first-order valence-corrected chi connectivity index (χ1v) is 8.81. The summed E-state index contributed by atoms with van der Waals surface area (Å²) in [4.78, 5) is 19.0. The first-order valence-electron chi connectivity index (χ1n) is 8.81. The van der Waals surface area contributed by atoms with E-state index < -0.39 is 0 Å². The molecule has 136 valence electrons. The van der Waals surface area contributed by atoms with Crippen molar-refractivity contribution >= 4 is 5.91 Å². The monoisotopic (exact) mass is 346 g/mol. The van der Waals surface area contributed by atoms with Crippen LogP contribution in [0.4, 0.5) is 0 Å². The fourth-order valence-electron chi connectivity index (χ4n) is 3.05. The van der Waals surface area contributed by atoms with E-state index in [1.54, 1.807) is 24.1 Å². The third-order valence-electron chi connectivity index (χ3n) is 4.71. The molecule has 0 aliphatic carbocycles. The van der Waals surface area contributed by atoms with Gasteiger partial charge in [0.2, 0.25) is 5.89 Å². The molecule has 0 spiro atoms. The van der Waals surface area contributed by atoms with Gasteiger partial charge in [-0.3, -0.25) is 14.4 Å². The zero-order chi connectivity index (χ0) is 18.0. The van der Waals surface area contributed by atoms with Gasteiger partial charge in [0.05, 0.1) is 17.8 Å². The van der Waals surface area contributed by atoms with Crippen molar-refractivity contribution in [3.05, 3.63) is 29.7 Å². The second-order valence-electron chi connectivity index (χ2n) is 7.01. The van der Waals surface area contributed by atoms with Crippen molar-refractivity contribution in [2.75, 3.05) is 13.1 Å². The molecule has 2 aromatic heterocycles. The summed E-state index contributed by atoms with van der Waals surface area (Å²) in [6.45, 7) is 7.97. The number of nitrogens with zero attached hydrogens (tertiary/aromatic N) is 5. The average molecular weight is 346 g/mol. The molecule has 2 aromatic rings. The van der Waals surface area contributed by atoms with Gasteiger partial charge in [-0.1, -0.05) is 19.0 Å². The Labute approximate surface area is 147 Å². The third kappa shape index (κ3) is 4.07. The summed E-state index contributed by atoms with van der Waals surface area (Å²) in [5.41, 5.74) is 0.602. The van der Waals surface area contributed by atoms with E-state index in [1.807, 2.05) is 0 Å². The van der Waals surface area contributed by atoms with Gasteiger partial charge in [0, 0.05) is 38.3 Å². The highest BCUT2D eigenvalue weighted by Gasteiger charge is 2.28. The second kappa shape index (κ2) is 7.35. The van der Waals surface area contributed by atoms with Gasteiger partial charge in [-0.15, -0.1) is 0 Å². The van der Waals surface area contributed by atoms with Crippen LogP contribution in [0.5, 0.6) is 0 Å². The highest BCUT2D eigenvalue weighted by molar-refractivity contribution is 5.93. The van der Waals surface area contributed by atoms with E-state index in [0.717, 1.165) is 31.8 Å². The summed E-state index contributed by atoms with van der Waals surface area (Å²) in [5.74, 6) is 1.62. The number of aryl methyl sites for hydroxylation is 1. The maximum Gasteiger partial charge on any atom is 0.254 e. The molecule has 1 aliphatic rings. The molecule has 1 aliphatic heterocycles. The lowest BCUT2D eigenvalue weighted by Gasteiger charge is -2.34. The van der Waals surface area contributed by atoms with E-state index in [1.165, 1.54) is 0 Å². The molecule has 1 atom stereocenters. The third-order valence-corrected chi connectivity index (χ3v) is 4.71. The maximum absolute atomic E-state index is 12.2. The minimum atomic E-state index is -0.0573. The van der Waals surface area contributed by atoms with Crippen LogP contribution >= 0.6 is 0 Å². The molecule has 1 fully saturated rings. The summed E-state index contributed by atoms with van der Waals surface area (Å²) in [5, 5.41) is 11.2. The summed E-state index contributed by atoms with van der Waals surface area (Å²) in [7, 11) is 1.80. The van der Waals surface area contributed by atoms with Crippen LogP contribution in [0.1, 0.15) is 67.6 Å². The quantitative estimate of drug-likeness (QED) is 0.889. The number of piperidine rings is 1. The van der Waals surface area contributed by atoms with Crippen LogP contribution < -0.4 is 5.32 Å². The Morgan fingerprint density at radius 1 is 1.32 bits per heavy atom. The largest absolute Gasteiger partial charge is 0.349 e. The SMILES string of the molecule is CC(C)c1noc([C@H](C)N2CCC(NC(=O)c3cnn(C)c3)CC2)n1. The predicted octanol–water partition coefficient (Wildman–Crippen LogP) is 1.88. The minimum Gasteiger partial charge on any atom is -0.349 e. The fraction of sp³-hybridized carbons (Fsp3) is 0.647. The predicted molar refractivity (Wildman–Crippen MR) is 92.1 cm³/mol. The Bertz CT molecular complexity index is 714. The molecule has 8 nitrogen and oxygen atoms in total. The van der Waals surface area contributed by atoms with Crippen LogP contribution in [0.25, 0.3) is 0 Å². The number of hydrogen-bond donors (Lipinski definition) is 1. The molecule has 3 rings (SSSR count). The number of amides is 1. The summed E-state index contributed by atoms with van der Waals surface area (Å²) in [6.07, 6.45) is 5.13. The van der Waals surface area contributed by atoms with E-state index >= 15 is 0 Å². The van der Waals surface area contributed by atoms with Gasteiger partial charge in [0.25, 0.3) is 5.91 Å². The van der Waals surface area contributed by atoms with Crippen LogP contribution in [0.2, 0.25) is 0 Å². The first kappa shape index (κ1) is 17.6.